The number of benzene rings is 2. The second-order valence-electron chi connectivity index (χ2n) is 9.34. The lowest BCUT2D eigenvalue weighted by molar-refractivity contribution is -0.128. The number of hydrogen-bond acceptors (Lipinski definition) is 5. The van der Waals surface area contributed by atoms with E-state index in [1.165, 1.54) is 6.08 Å². The van der Waals surface area contributed by atoms with Crippen molar-refractivity contribution < 1.29 is 22.7 Å². The van der Waals surface area contributed by atoms with Gasteiger partial charge < -0.3 is 14.5 Å². The Morgan fingerprint density at radius 1 is 0.943 bits per heavy atom. The first-order chi connectivity index (χ1) is 16.8. The molecule has 0 unspecified atom stereocenters. The number of rotatable bonds is 7. The van der Waals surface area contributed by atoms with Crippen molar-refractivity contribution in [3.05, 3.63) is 71.1 Å². The summed E-state index contributed by atoms with van der Waals surface area (Å²) in [7, 11) is -3.65. The zero-order chi connectivity index (χ0) is 24.9. The van der Waals surface area contributed by atoms with E-state index in [1.54, 1.807) is 17.0 Å². The van der Waals surface area contributed by atoms with Crippen LogP contribution in [0.4, 0.5) is 0 Å². The van der Waals surface area contributed by atoms with Gasteiger partial charge in [-0.15, -0.1) is 0 Å². The fourth-order valence-corrected chi connectivity index (χ4v) is 5.83. The number of nitrogens with zero attached hydrogens (tertiary/aromatic N) is 2. The highest BCUT2D eigenvalue weighted by atomic mass is 32.2. The van der Waals surface area contributed by atoms with E-state index in [4.69, 9.17) is 4.74 Å². The molecule has 35 heavy (non-hydrogen) atoms. The summed E-state index contributed by atoms with van der Waals surface area (Å²) in [6.07, 6.45) is 3.97. The summed E-state index contributed by atoms with van der Waals surface area (Å²) in [5.74, 6) is -0.123. The van der Waals surface area contributed by atoms with Gasteiger partial charge >= 0.3 is 0 Å². The number of carbonyl (C=O) groups is 2. The molecular formula is C27H32N2O5S. The van der Waals surface area contributed by atoms with Crippen LogP contribution in [-0.2, 0) is 14.6 Å². The van der Waals surface area contributed by atoms with Crippen LogP contribution in [0.1, 0.15) is 42.1 Å². The lowest BCUT2D eigenvalue weighted by Gasteiger charge is -2.39. The fraction of sp³-hybridized carbons (Fsp3) is 0.407. The topological polar surface area (TPSA) is 84.0 Å². The summed E-state index contributed by atoms with van der Waals surface area (Å²) in [5.41, 5.74) is 1.37. The van der Waals surface area contributed by atoms with E-state index in [2.05, 4.69) is 0 Å². The number of sulfone groups is 1. The van der Waals surface area contributed by atoms with Crippen LogP contribution < -0.4 is 4.74 Å². The summed E-state index contributed by atoms with van der Waals surface area (Å²) in [6.45, 7) is 4.87. The maximum atomic E-state index is 12.9. The van der Waals surface area contributed by atoms with Gasteiger partial charge in [-0.2, -0.15) is 0 Å². The molecule has 2 fully saturated rings. The molecule has 0 radical (unpaired) electrons. The standard InChI is InChI=1S/C27H32N2O5S/c1-2-34-24-10-8-23(9-11-24)26(31)28-16-13-27(14-17-28)15-18-29(21-27)25(30)20-35(32,33)19-12-22-6-4-3-5-7-22/h3-12,19H,2,13-18,20-21H2,1H3. The minimum Gasteiger partial charge on any atom is -0.494 e. The van der Waals surface area contributed by atoms with Crippen LogP contribution in [0.25, 0.3) is 6.08 Å². The Bertz CT molecular complexity index is 1170. The van der Waals surface area contributed by atoms with Crippen molar-refractivity contribution in [3.8, 4) is 5.75 Å². The van der Waals surface area contributed by atoms with Gasteiger partial charge in [-0.25, -0.2) is 8.42 Å². The fourth-order valence-electron chi connectivity index (χ4n) is 4.84. The van der Waals surface area contributed by atoms with Gasteiger partial charge in [-0.05, 0) is 67.5 Å². The molecule has 0 bridgehead atoms. The van der Waals surface area contributed by atoms with Crippen LogP contribution in [0, 0.1) is 5.41 Å². The van der Waals surface area contributed by atoms with E-state index < -0.39 is 15.6 Å². The summed E-state index contributed by atoms with van der Waals surface area (Å²) < 4.78 is 30.4. The molecule has 0 aromatic heterocycles. The van der Waals surface area contributed by atoms with Crippen LogP contribution in [0.15, 0.2) is 60.0 Å². The SMILES string of the molecule is CCOc1ccc(C(=O)N2CCC3(CCN(C(=O)CS(=O)(=O)C=Cc4ccccc4)C3)CC2)cc1. The lowest BCUT2D eigenvalue weighted by Crippen LogP contribution is -2.45. The predicted octanol–water partition coefficient (Wildman–Crippen LogP) is 3.63. The highest BCUT2D eigenvalue weighted by molar-refractivity contribution is 7.95. The van der Waals surface area contributed by atoms with Crippen molar-refractivity contribution in [1.29, 1.82) is 0 Å². The molecule has 0 atom stereocenters. The van der Waals surface area contributed by atoms with Gasteiger partial charge in [0.25, 0.3) is 5.91 Å². The van der Waals surface area contributed by atoms with Crippen molar-refractivity contribution in [2.75, 3.05) is 38.5 Å². The molecule has 2 aromatic carbocycles. The Labute approximate surface area is 207 Å². The maximum Gasteiger partial charge on any atom is 0.253 e. The summed E-state index contributed by atoms with van der Waals surface area (Å²) in [4.78, 5) is 29.2. The van der Waals surface area contributed by atoms with E-state index in [-0.39, 0.29) is 17.2 Å². The van der Waals surface area contributed by atoms with Gasteiger partial charge in [0.05, 0.1) is 6.61 Å². The normalized spacial score (nSPS) is 17.7. The summed E-state index contributed by atoms with van der Waals surface area (Å²) in [5, 5.41) is 1.12. The number of amides is 2. The first kappa shape index (κ1) is 25.0. The molecule has 0 saturated carbocycles. The van der Waals surface area contributed by atoms with Gasteiger partial charge in [0, 0.05) is 37.2 Å². The number of ether oxygens (including phenoxy) is 1. The minimum absolute atomic E-state index is 0.00474. The van der Waals surface area contributed by atoms with Crippen LogP contribution >= 0.6 is 0 Å². The zero-order valence-electron chi connectivity index (χ0n) is 20.1. The molecule has 2 aromatic rings. The van der Waals surface area contributed by atoms with Gasteiger partial charge in [0.2, 0.25) is 5.91 Å². The van der Waals surface area contributed by atoms with E-state index >= 15 is 0 Å². The van der Waals surface area contributed by atoms with Gasteiger partial charge in [0.1, 0.15) is 11.5 Å². The molecule has 7 nitrogen and oxygen atoms in total. The Balaban J connectivity index is 1.29. The second-order valence-corrected chi connectivity index (χ2v) is 11.2. The molecule has 0 aliphatic carbocycles. The second kappa shape index (κ2) is 10.6. The monoisotopic (exact) mass is 496 g/mol. The summed E-state index contributed by atoms with van der Waals surface area (Å²) >= 11 is 0. The molecule has 1 spiro atoms. The third kappa shape index (κ3) is 6.31. The predicted molar refractivity (Wildman–Crippen MR) is 136 cm³/mol. The average Bonchev–Trinajstić information content (AvgIpc) is 3.28. The summed E-state index contributed by atoms with van der Waals surface area (Å²) in [6, 6.07) is 16.4. The van der Waals surface area contributed by atoms with E-state index in [0.717, 1.165) is 36.0 Å². The highest BCUT2D eigenvalue weighted by Crippen LogP contribution is 2.40. The molecular weight excluding hydrogens is 464 g/mol. The van der Waals surface area contributed by atoms with Gasteiger partial charge in [-0.3, -0.25) is 9.59 Å². The first-order valence-corrected chi connectivity index (χ1v) is 13.8. The molecule has 8 heteroatoms. The van der Waals surface area contributed by atoms with Crippen LogP contribution in [-0.4, -0.2) is 68.6 Å². The molecule has 186 valence electrons. The Morgan fingerprint density at radius 3 is 2.20 bits per heavy atom. The van der Waals surface area contributed by atoms with Crippen molar-refractivity contribution >= 4 is 27.7 Å². The third-order valence-electron chi connectivity index (χ3n) is 6.91. The lowest BCUT2D eigenvalue weighted by atomic mass is 9.77. The van der Waals surface area contributed by atoms with Crippen molar-refractivity contribution in [2.45, 2.75) is 26.2 Å². The third-order valence-corrected chi connectivity index (χ3v) is 8.11. The van der Waals surface area contributed by atoms with Crippen LogP contribution in [0.2, 0.25) is 0 Å². The van der Waals surface area contributed by atoms with E-state index in [0.29, 0.717) is 38.3 Å². The quantitative estimate of drug-likeness (QED) is 0.585. The Kier molecular flexibility index (Phi) is 7.60. The van der Waals surface area contributed by atoms with Crippen molar-refractivity contribution in [2.24, 2.45) is 5.41 Å². The molecule has 2 aliphatic heterocycles. The van der Waals surface area contributed by atoms with Crippen LogP contribution in [0.5, 0.6) is 5.75 Å². The molecule has 2 aliphatic rings. The Morgan fingerprint density at radius 2 is 1.57 bits per heavy atom. The molecule has 0 N–H and O–H groups in total. The number of likely N-dealkylation sites (tertiary alicyclic amines) is 2. The number of piperidine rings is 1. The van der Waals surface area contributed by atoms with Crippen molar-refractivity contribution in [3.63, 3.8) is 0 Å². The highest BCUT2D eigenvalue weighted by Gasteiger charge is 2.43. The number of hydrogen-bond donors (Lipinski definition) is 0. The maximum absolute atomic E-state index is 12.9. The van der Waals surface area contributed by atoms with Gasteiger partial charge in [-0.1, -0.05) is 30.3 Å². The molecule has 2 saturated heterocycles. The van der Waals surface area contributed by atoms with Crippen LogP contribution in [0.3, 0.4) is 0 Å². The van der Waals surface area contributed by atoms with Crippen molar-refractivity contribution in [1.82, 2.24) is 9.80 Å². The minimum atomic E-state index is -3.65. The molecule has 2 heterocycles. The van der Waals surface area contributed by atoms with E-state index in [9.17, 15) is 18.0 Å². The van der Waals surface area contributed by atoms with Gasteiger partial charge in [0.15, 0.2) is 9.84 Å². The molecule has 2 amide bonds. The zero-order valence-corrected chi connectivity index (χ0v) is 20.9. The Hall–Kier alpha value is -3.13. The smallest absolute Gasteiger partial charge is 0.253 e. The number of carbonyl (C=O) groups excluding carboxylic acids is 2. The first-order valence-electron chi connectivity index (χ1n) is 12.0. The average molecular weight is 497 g/mol. The van der Waals surface area contributed by atoms with E-state index in [1.807, 2.05) is 54.3 Å². The largest absolute Gasteiger partial charge is 0.494 e. The molecule has 4 rings (SSSR count).